The molecule has 0 amide bonds. The number of hydrogen-bond donors (Lipinski definition) is 0. The Morgan fingerprint density at radius 3 is 2.62 bits per heavy atom. The summed E-state index contributed by atoms with van der Waals surface area (Å²) in [7, 11) is 0. The predicted octanol–water partition coefficient (Wildman–Crippen LogP) is 2.01. The molecule has 16 heavy (non-hydrogen) atoms. The van der Waals surface area contributed by atoms with E-state index in [4.69, 9.17) is 0 Å². The average molecular weight is 215 g/mol. The molecule has 0 spiro atoms. The normalized spacial score (nSPS) is 10.4. The summed E-state index contributed by atoms with van der Waals surface area (Å²) in [6, 6.07) is 3.64. The summed E-state index contributed by atoms with van der Waals surface area (Å²) in [6.45, 7) is 5.96. The summed E-state index contributed by atoms with van der Waals surface area (Å²) in [6.07, 6.45) is 2.35. The van der Waals surface area contributed by atoms with Gasteiger partial charge in [-0.3, -0.25) is 9.78 Å². The van der Waals surface area contributed by atoms with Crippen LogP contribution in [0.5, 0.6) is 0 Å². The molecule has 0 aliphatic carbocycles. The van der Waals surface area contributed by atoms with Crippen molar-refractivity contribution in [3.8, 4) is 5.69 Å². The molecule has 82 valence electrons. The van der Waals surface area contributed by atoms with E-state index in [0.29, 0.717) is 5.69 Å². The summed E-state index contributed by atoms with van der Waals surface area (Å²) >= 11 is 0. The average Bonchev–Trinajstić information content (AvgIpc) is 2.57. The Hall–Kier alpha value is -1.97. The number of aldehydes is 1. The Kier molecular flexibility index (Phi) is 2.56. The number of aryl methyl sites for hydroxylation is 1. The van der Waals surface area contributed by atoms with Gasteiger partial charge in [0.05, 0.1) is 11.4 Å². The van der Waals surface area contributed by atoms with E-state index in [1.54, 1.807) is 16.9 Å². The molecule has 0 atom stereocenters. The lowest BCUT2D eigenvalue weighted by Crippen LogP contribution is -2.04. The maximum absolute atomic E-state index is 10.9. The third-order valence-electron chi connectivity index (χ3n) is 2.81. The van der Waals surface area contributed by atoms with E-state index in [-0.39, 0.29) is 0 Å². The van der Waals surface area contributed by atoms with E-state index in [1.807, 2.05) is 26.8 Å². The zero-order valence-corrected chi connectivity index (χ0v) is 9.56. The van der Waals surface area contributed by atoms with Crippen molar-refractivity contribution < 1.29 is 4.79 Å². The van der Waals surface area contributed by atoms with Gasteiger partial charge in [0.1, 0.15) is 5.69 Å². The SMILES string of the molecule is Cc1nn(-c2cccnc2C=O)c(C)c1C. The molecule has 2 heterocycles. The summed E-state index contributed by atoms with van der Waals surface area (Å²) < 4.78 is 1.77. The summed E-state index contributed by atoms with van der Waals surface area (Å²) in [5.74, 6) is 0. The fourth-order valence-electron chi connectivity index (χ4n) is 1.63. The molecule has 2 aromatic rings. The molecule has 0 bridgehead atoms. The van der Waals surface area contributed by atoms with Gasteiger partial charge in [-0.15, -0.1) is 0 Å². The van der Waals surface area contributed by atoms with Crippen molar-refractivity contribution in [1.29, 1.82) is 0 Å². The minimum atomic E-state index is 0.410. The first kappa shape index (κ1) is 10.5. The minimum Gasteiger partial charge on any atom is -0.296 e. The third kappa shape index (κ3) is 1.52. The van der Waals surface area contributed by atoms with Crippen molar-refractivity contribution in [3.63, 3.8) is 0 Å². The van der Waals surface area contributed by atoms with Gasteiger partial charge in [-0.05, 0) is 38.5 Å². The fraction of sp³-hybridized carbons (Fsp3) is 0.250. The Labute approximate surface area is 93.9 Å². The lowest BCUT2D eigenvalue weighted by molar-refractivity contribution is 0.111. The van der Waals surface area contributed by atoms with Crippen LogP contribution in [-0.4, -0.2) is 21.1 Å². The van der Waals surface area contributed by atoms with Gasteiger partial charge >= 0.3 is 0 Å². The Balaban J connectivity index is 2.67. The highest BCUT2D eigenvalue weighted by atomic mass is 16.1. The molecule has 0 fully saturated rings. The number of carbonyl (C=O) groups excluding carboxylic acids is 1. The van der Waals surface area contributed by atoms with Crippen LogP contribution in [0.3, 0.4) is 0 Å². The number of carbonyl (C=O) groups is 1. The number of aromatic nitrogens is 3. The molecular formula is C12H13N3O. The number of pyridine rings is 1. The molecule has 0 radical (unpaired) electrons. The van der Waals surface area contributed by atoms with Crippen molar-refractivity contribution in [2.24, 2.45) is 0 Å². The van der Waals surface area contributed by atoms with E-state index >= 15 is 0 Å². The Bertz CT molecular complexity index is 543. The van der Waals surface area contributed by atoms with Gasteiger partial charge in [0.15, 0.2) is 6.29 Å². The van der Waals surface area contributed by atoms with Crippen molar-refractivity contribution >= 4 is 6.29 Å². The van der Waals surface area contributed by atoms with E-state index in [0.717, 1.165) is 28.9 Å². The monoisotopic (exact) mass is 215 g/mol. The van der Waals surface area contributed by atoms with Crippen LogP contribution in [0.2, 0.25) is 0 Å². The van der Waals surface area contributed by atoms with Crippen molar-refractivity contribution in [2.45, 2.75) is 20.8 Å². The number of nitrogens with zero attached hydrogens (tertiary/aromatic N) is 3. The Morgan fingerprint density at radius 1 is 1.31 bits per heavy atom. The zero-order valence-electron chi connectivity index (χ0n) is 9.56. The smallest absolute Gasteiger partial charge is 0.170 e. The largest absolute Gasteiger partial charge is 0.296 e. The fourth-order valence-corrected chi connectivity index (χ4v) is 1.63. The molecule has 2 aromatic heterocycles. The molecule has 0 unspecified atom stereocenters. The third-order valence-corrected chi connectivity index (χ3v) is 2.81. The van der Waals surface area contributed by atoms with Gasteiger partial charge in [0.25, 0.3) is 0 Å². The molecule has 0 aliphatic heterocycles. The first-order valence-electron chi connectivity index (χ1n) is 5.08. The number of rotatable bonds is 2. The van der Waals surface area contributed by atoms with Crippen LogP contribution in [0, 0.1) is 20.8 Å². The van der Waals surface area contributed by atoms with Crippen molar-refractivity contribution in [1.82, 2.24) is 14.8 Å². The zero-order chi connectivity index (χ0) is 11.7. The second-order valence-electron chi connectivity index (χ2n) is 3.73. The molecule has 4 nitrogen and oxygen atoms in total. The lowest BCUT2D eigenvalue weighted by atomic mass is 10.2. The van der Waals surface area contributed by atoms with Crippen molar-refractivity contribution in [2.75, 3.05) is 0 Å². The lowest BCUT2D eigenvalue weighted by Gasteiger charge is -2.05. The number of hydrogen-bond acceptors (Lipinski definition) is 3. The highest BCUT2D eigenvalue weighted by Gasteiger charge is 2.11. The molecular weight excluding hydrogens is 202 g/mol. The molecule has 0 saturated heterocycles. The van der Waals surface area contributed by atoms with Crippen molar-refractivity contribution in [3.05, 3.63) is 41.0 Å². The van der Waals surface area contributed by atoms with E-state index in [2.05, 4.69) is 10.1 Å². The van der Waals surface area contributed by atoms with Crippen LogP contribution >= 0.6 is 0 Å². The highest BCUT2D eigenvalue weighted by molar-refractivity contribution is 5.77. The first-order valence-corrected chi connectivity index (χ1v) is 5.08. The van der Waals surface area contributed by atoms with Gasteiger partial charge in [0.2, 0.25) is 0 Å². The molecule has 0 aliphatic rings. The Morgan fingerprint density at radius 2 is 2.06 bits per heavy atom. The van der Waals surface area contributed by atoms with Gasteiger partial charge in [-0.2, -0.15) is 5.10 Å². The van der Waals surface area contributed by atoms with Gasteiger partial charge < -0.3 is 0 Å². The standard InChI is InChI=1S/C12H13N3O/c1-8-9(2)14-15(10(8)3)12-5-4-6-13-11(12)7-16/h4-7H,1-3H3. The quantitative estimate of drug-likeness (QED) is 0.720. The maximum Gasteiger partial charge on any atom is 0.170 e. The van der Waals surface area contributed by atoms with Crippen LogP contribution in [0.15, 0.2) is 18.3 Å². The van der Waals surface area contributed by atoms with Crippen LogP contribution in [0.1, 0.15) is 27.4 Å². The van der Waals surface area contributed by atoms with Crippen LogP contribution in [0.25, 0.3) is 5.69 Å². The second-order valence-corrected chi connectivity index (χ2v) is 3.73. The van der Waals surface area contributed by atoms with E-state index in [9.17, 15) is 4.79 Å². The minimum absolute atomic E-state index is 0.410. The highest BCUT2D eigenvalue weighted by Crippen LogP contribution is 2.17. The van der Waals surface area contributed by atoms with E-state index in [1.165, 1.54) is 0 Å². The van der Waals surface area contributed by atoms with Gasteiger partial charge in [-0.25, -0.2) is 4.68 Å². The second kappa shape index (κ2) is 3.89. The predicted molar refractivity (Wildman–Crippen MR) is 61.0 cm³/mol. The maximum atomic E-state index is 10.9. The molecule has 2 rings (SSSR count). The molecule has 4 heteroatoms. The van der Waals surface area contributed by atoms with Gasteiger partial charge in [-0.1, -0.05) is 0 Å². The van der Waals surface area contributed by atoms with Crippen LogP contribution < -0.4 is 0 Å². The topological polar surface area (TPSA) is 47.8 Å². The summed E-state index contributed by atoms with van der Waals surface area (Å²) in [4.78, 5) is 14.9. The van der Waals surface area contributed by atoms with Crippen LogP contribution in [-0.2, 0) is 0 Å². The molecule has 0 saturated carbocycles. The summed E-state index contributed by atoms with van der Waals surface area (Å²) in [5.41, 5.74) is 4.28. The summed E-state index contributed by atoms with van der Waals surface area (Å²) in [5, 5.41) is 4.41. The van der Waals surface area contributed by atoms with E-state index < -0.39 is 0 Å². The first-order chi connectivity index (χ1) is 7.65. The molecule has 0 N–H and O–H groups in total. The van der Waals surface area contributed by atoms with Gasteiger partial charge in [0, 0.05) is 11.9 Å². The van der Waals surface area contributed by atoms with Crippen LogP contribution in [0.4, 0.5) is 0 Å². The molecule has 0 aromatic carbocycles.